The van der Waals surface area contributed by atoms with Gasteiger partial charge in [0.2, 0.25) is 5.91 Å². The van der Waals surface area contributed by atoms with Crippen LogP contribution in [-0.2, 0) is 24.8 Å². The molecule has 3 aliphatic rings. The summed E-state index contributed by atoms with van der Waals surface area (Å²) in [6, 6.07) is 13.9. The number of nitrogens with one attached hydrogen (secondary N) is 1. The number of fused-ring (bicyclic) bond motifs is 2. The van der Waals surface area contributed by atoms with Crippen molar-refractivity contribution in [3.05, 3.63) is 70.9 Å². The Labute approximate surface area is 236 Å². The molecule has 2 aromatic carbocycles. The number of hydrogen-bond acceptors (Lipinski definition) is 5. The van der Waals surface area contributed by atoms with E-state index in [9.17, 15) is 9.59 Å². The lowest BCUT2D eigenvalue weighted by atomic mass is 9.85. The predicted octanol–water partition coefficient (Wildman–Crippen LogP) is 4.90. The minimum absolute atomic E-state index is 0.0350. The Morgan fingerprint density at radius 3 is 2.60 bits per heavy atom. The number of piperazine rings is 1. The van der Waals surface area contributed by atoms with Crippen LogP contribution in [0.5, 0.6) is 0 Å². The fourth-order valence-electron chi connectivity index (χ4n) is 6.21. The summed E-state index contributed by atoms with van der Waals surface area (Å²) in [6.45, 7) is 7.46. The Morgan fingerprint density at radius 2 is 1.85 bits per heavy atom. The smallest absolute Gasteiger partial charge is 0.258 e. The van der Waals surface area contributed by atoms with Gasteiger partial charge in [0, 0.05) is 57.3 Å². The van der Waals surface area contributed by atoms with Crippen LogP contribution in [0.25, 0.3) is 0 Å². The van der Waals surface area contributed by atoms with E-state index in [1.165, 1.54) is 31.4 Å². The van der Waals surface area contributed by atoms with Gasteiger partial charge in [-0.3, -0.25) is 19.2 Å². The molecule has 1 saturated carbocycles. The number of hydrogen-bond donors (Lipinski definition) is 1. The van der Waals surface area contributed by atoms with Crippen molar-refractivity contribution in [3.63, 3.8) is 0 Å². The summed E-state index contributed by atoms with van der Waals surface area (Å²) in [5.74, 6) is 2.03. The van der Waals surface area contributed by atoms with E-state index < -0.39 is 0 Å². The van der Waals surface area contributed by atoms with Crippen LogP contribution in [0, 0.1) is 12.8 Å². The van der Waals surface area contributed by atoms with Gasteiger partial charge in [-0.25, -0.2) is 0 Å². The van der Waals surface area contributed by atoms with Crippen molar-refractivity contribution in [1.29, 1.82) is 0 Å². The molecule has 8 heteroatoms. The number of aryl methyl sites for hydroxylation is 3. The molecule has 3 heterocycles. The van der Waals surface area contributed by atoms with Crippen molar-refractivity contribution < 1.29 is 9.59 Å². The van der Waals surface area contributed by atoms with E-state index >= 15 is 0 Å². The van der Waals surface area contributed by atoms with Gasteiger partial charge in [0.05, 0.1) is 24.1 Å². The van der Waals surface area contributed by atoms with Gasteiger partial charge in [-0.2, -0.15) is 5.10 Å². The number of nitrogens with zero attached hydrogens (tertiary/aromatic N) is 5. The molecule has 0 unspecified atom stereocenters. The molecule has 2 fully saturated rings. The number of anilines is 3. The summed E-state index contributed by atoms with van der Waals surface area (Å²) in [5.41, 5.74) is 5.67. The molecule has 1 N–H and O–H groups in total. The first kappa shape index (κ1) is 26.6. The Hall–Kier alpha value is -3.65. The van der Waals surface area contributed by atoms with Gasteiger partial charge in [-0.05, 0) is 73.9 Å². The second kappa shape index (κ2) is 11.5. The van der Waals surface area contributed by atoms with E-state index in [4.69, 9.17) is 0 Å². The maximum Gasteiger partial charge on any atom is 0.258 e. The van der Waals surface area contributed by atoms with Gasteiger partial charge in [0.25, 0.3) is 5.91 Å². The van der Waals surface area contributed by atoms with Gasteiger partial charge >= 0.3 is 0 Å². The second-order valence-electron chi connectivity index (χ2n) is 11.6. The first-order valence-corrected chi connectivity index (χ1v) is 14.7. The summed E-state index contributed by atoms with van der Waals surface area (Å²) in [6.07, 6.45) is 8.20. The van der Waals surface area contributed by atoms with Crippen molar-refractivity contribution in [2.45, 2.75) is 52.0 Å². The number of carbonyl (C=O) groups excluding carboxylic acids is 2. The van der Waals surface area contributed by atoms with Crippen LogP contribution < -0.4 is 10.2 Å². The summed E-state index contributed by atoms with van der Waals surface area (Å²) in [7, 11) is 1.90. The third-order valence-corrected chi connectivity index (χ3v) is 8.93. The molecule has 3 aromatic rings. The second-order valence-corrected chi connectivity index (χ2v) is 11.6. The molecular weight excluding hydrogens is 500 g/mol. The van der Waals surface area contributed by atoms with Crippen molar-refractivity contribution in [1.82, 2.24) is 19.6 Å². The van der Waals surface area contributed by atoms with Crippen molar-refractivity contribution in [3.8, 4) is 0 Å². The highest BCUT2D eigenvalue weighted by atomic mass is 16.2. The molecule has 0 radical (unpaired) electrons. The van der Waals surface area contributed by atoms with Crippen molar-refractivity contribution in [2.75, 3.05) is 42.9 Å². The lowest BCUT2D eigenvalue weighted by molar-refractivity contribution is -0.133. The summed E-state index contributed by atoms with van der Waals surface area (Å²) in [4.78, 5) is 33.1. The van der Waals surface area contributed by atoms with E-state index in [-0.39, 0.29) is 11.8 Å². The Bertz CT molecular complexity index is 1390. The zero-order chi connectivity index (χ0) is 27.6. The quantitative estimate of drug-likeness (QED) is 0.462. The lowest BCUT2D eigenvalue weighted by Crippen LogP contribution is -2.50. The van der Waals surface area contributed by atoms with Gasteiger partial charge in [0.15, 0.2) is 0 Å². The number of benzene rings is 2. The van der Waals surface area contributed by atoms with E-state index in [0.717, 1.165) is 73.3 Å². The minimum Gasteiger partial charge on any atom is -0.340 e. The highest BCUT2D eigenvalue weighted by molar-refractivity contribution is 6.08. The molecule has 1 aromatic heterocycles. The molecule has 2 amide bonds. The van der Waals surface area contributed by atoms with Crippen molar-refractivity contribution >= 4 is 29.0 Å². The Morgan fingerprint density at radius 1 is 1.05 bits per heavy atom. The van der Waals surface area contributed by atoms with Gasteiger partial charge in [-0.1, -0.05) is 24.6 Å². The van der Waals surface area contributed by atoms with Gasteiger partial charge in [0.1, 0.15) is 5.82 Å². The maximum absolute atomic E-state index is 13.8. The maximum atomic E-state index is 13.8. The monoisotopic (exact) mass is 540 g/mol. The summed E-state index contributed by atoms with van der Waals surface area (Å²) in [5, 5.41) is 7.83. The number of para-hydroxylation sites is 2. The van der Waals surface area contributed by atoms with Crippen LogP contribution in [-0.4, -0.2) is 64.1 Å². The normalized spacial score (nSPS) is 17.4. The third kappa shape index (κ3) is 5.50. The van der Waals surface area contributed by atoms with Crippen LogP contribution in [0.3, 0.4) is 0 Å². The van der Waals surface area contributed by atoms with Crippen molar-refractivity contribution in [2.24, 2.45) is 13.0 Å². The van der Waals surface area contributed by atoms with E-state index in [1.807, 2.05) is 59.4 Å². The molecule has 1 aliphatic carbocycles. The summed E-state index contributed by atoms with van der Waals surface area (Å²) < 4.78 is 1.81. The third-order valence-electron chi connectivity index (χ3n) is 8.93. The molecular formula is C32H40N6O2. The van der Waals surface area contributed by atoms with Gasteiger partial charge < -0.3 is 15.1 Å². The van der Waals surface area contributed by atoms with Crippen LogP contribution in [0.1, 0.15) is 59.2 Å². The zero-order valence-electron chi connectivity index (χ0n) is 23.7. The van der Waals surface area contributed by atoms with E-state index in [0.29, 0.717) is 18.5 Å². The largest absolute Gasteiger partial charge is 0.340 e. The molecule has 0 spiro atoms. The number of carbonyl (C=O) groups is 2. The average Bonchev–Trinajstić information content (AvgIpc) is 3.19. The topological polar surface area (TPSA) is 73.7 Å². The van der Waals surface area contributed by atoms with Crippen LogP contribution in [0.2, 0.25) is 0 Å². The molecule has 6 rings (SSSR count). The van der Waals surface area contributed by atoms with Crippen LogP contribution >= 0.6 is 0 Å². The molecule has 1 saturated heterocycles. The Kier molecular flexibility index (Phi) is 7.61. The summed E-state index contributed by atoms with van der Waals surface area (Å²) >= 11 is 0. The van der Waals surface area contributed by atoms with Crippen LogP contribution in [0.15, 0.2) is 48.7 Å². The fourth-order valence-corrected chi connectivity index (χ4v) is 6.21. The highest BCUT2D eigenvalue weighted by Crippen LogP contribution is 2.36. The molecule has 8 nitrogen and oxygen atoms in total. The predicted molar refractivity (Wildman–Crippen MR) is 158 cm³/mol. The zero-order valence-corrected chi connectivity index (χ0v) is 23.7. The number of amides is 2. The van der Waals surface area contributed by atoms with Crippen LogP contribution in [0.4, 0.5) is 17.2 Å². The number of rotatable bonds is 7. The van der Waals surface area contributed by atoms with E-state index in [2.05, 4.69) is 28.3 Å². The standard InChI is InChI=1S/C32H40N6O2/c1-23-19-26(32(40)38-22-27-20-33-35(2)31(27)34-28-10-3-4-11-29(28)38)14-13-25(23)9-6-12-30(39)37-17-15-36(16-18-37)21-24-7-5-8-24/h3-4,10-11,13-14,19-20,24,34H,5-9,12,15-18,21-22H2,1-2H3. The first-order valence-electron chi connectivity index (χ1n) is 14.7. The Balaban J connectivity index is 1.06. The van der Waals surface area contributed by atoms with Gasteiger partial charge in [-0.15, -0.1) is 0 Å². The molecule has 2 aliphatic heterocycles. The molecule has 210 valence electrons. The minimum atomic E-state index is -0.0350. The molecule has 40 heavy (non-hydrogen) atoms. The molecule has 0 bridgehead atoms. The highest BCUT2D eigenvalue weighted by Gasteiger charge is 2.27. The average molecular weight is 541 g/mol. The SMILES string of the molecule is Cc1cc(C(=O)N2Cc3cnn(C)c3Nc3ccccc32)ccc1CCCC(=O)N1CCN(CC2CCC2)CC1. The van der Waals surface area contributed by atoms with E-state index in [1.54, 1.807) is 4.68 Å². The molecule has 0 atom stereocenters. The first-order chi connectivity index (χ1) is 19.5. The fraction of sp³-hybridized carbons (Fsp3) is 0.469. The lowest BCUT2D eigenvalue weighted by Gasteiger charge is -2.38. The number of aromatic nitrogens is 2.